The van der Waals surface area contributed by atoms with Crippen molar-refractivity contribution in [2.75, 3.05) is 6.54 Å². The first-order valence-electron chi connectivity index (χ1n) is 7.69. The Balaban J connectivity index is 1.82. The Bertz CT molecular complexity index is 590. The Hall–Kier alpha value is -1.87. The standard InChI is InChI=1S/C18H22N2O/c1-3-19-18(17-12-13(2)10-11-20-17)14-4-6-15(7-5-14)21-16-8-9-16/h4-7,10-12,16,18-19H,3,8-9H2,1-2H3. The SMILES string of the molecule is CCNC(c1ccc(OC2CC2)cc1)c1cc(C)ccn1. The van der Waals surface area contributed by atoms with Gasteiger partial charge in [0.2, 0.25) is 0 Å². The van der Waals surface area contributed by atoms with Crippen LogP contribution < -0.4 is 10.1 Å². The van der Waals surface area contributed by atoms with Crippen LogP contribution in [0.25, 0.3) is 0 Å². The highest BCUT2D eigenvalue weighted by atomic mass is 16.5. The van der Waals surface area contributed by atoms with E-state index in [0.29, 0.717) is 6.10 Å². The number of aryl methyl sites for hydroxylation is 1. The van der Waals surface area contributed by atoms with Crippen LogP contribution in [0, 0.1) is 6.92 Å². The minimum absolute atomic E-state index is 0.130. The molecule has 1 N–H and O–H groups in total. The van der Waals surface area contributed by atoms with E-state index < -0.39 is 0 Å². The number of hydrogen-bond acceptors (Lipinski definition) is 3. The summed E-state index contributed by atoms with van der Waals surface area (Å²) >= 11 is 0. The first kappa shape index (κ1) is 14.1. The minimum Gasteiger partial charge on any atom is -0.490 e. The van der Waals surface area contributed by atoms with Gasteiger partial charge in [-0.1, -0.05) is 19.1 Å². The lowest BCUT2D eigenvalue weighted by molar-refractivity contribution is 0.303. The van der Waals surface area contributed by atoms with E-state index >= 15 is 0 Å². The van der Waals surface area contributed by atoms with Gasteiger partial charge in [0, 0.05) is 6.20 Å². The summed E-state index contributed by atoms with van der Waals surface area (Å²) in [4.78, 5) is 4.52. The third kappa shape index (κ3) is 3.61. The molecule has 1 saturated carbocycles. The molecule has 3 nitrogen and oxygen atoms in total. The van der Waals surface area contributed by atoms with Crippen molar-refractivity contribution in [2.45, 2.75) is 38.8 Å². The maximum Gasteiger partial charge on any atom is 0.119 e. The molecule has 0 bridgehead atoms. The van der Waals surface area contributed by atoms with Crippen LogP contribution in [-0.2, 0) is 0 Å². The van der Waals surface area contributed by atoms with Crippen LogP contribution in [0.3, 0.4) is 0 Å². The molecule has 1 fully saturated rings. The van der Waals surface area contributed by atoms with Crippen LogP contribution in [0.4, 0.5) is 0 Å². The molecule has 0 amide bonds. The lowest BCUT2D eigenvalue weighted by Gasteiger charge is -2.18. The van der Waals surface area contributed by atoms with Gasteiger partial charge in [0.15, 0.2) is 0 Å². The average molecular weight is 282 g/mol. The van der Waals surface area contributed by atoms with E-state index in [0.717, 1.165) is 18.0 Å². The van der Waals surface area contributed by atoms with Crippen molar-refractivity contribution in [3.8, 4) is 5.75 Å². The Morgan fingerprint density at radius 3 is 2.62 bits per heavy atom. The minimum atomic E-state index is 0.130. The van der Waals surface area contributed by atoms with Crippen molar-refractivity contribution in [1.82, 2.24) is 10.3 Å². The molecule has 3 rings (SSSR count). The summed E-state index contributed by atoms with van der Waals surface area (Å²) in [6, 6.07) is 12.7. The number of pyridine rings is 1. The highest BCUT2D eigenvalue weighted by Crippen LogP contribution is 2.28. The molecule has 1 aromatic carbocycles. The average Bonchev–Trinajstić information content (AvgIpc) is 3.30. The maximum atomic E-state index is 5.81. The van der Waals surface area contributed by atoms with Crippen LogP contribution in [0.1, 0.15) is 42.6 Å². The molecule has 1 aromatic heterocycles. The van der Waals surface area contributed by atoms with E-state index in [1.165, 1.54) is 24.0 Å². The zero-order valence-electron chi connectivity index (χ0n) is 12.7. The monoisotopic (exact) mass is 282 g/mol. The van der Waals surface area contributed by atoms with Gasteiger partial charge in [0.05, 0.1) is 17.8 Å². The molecule has 1 aliphatic carbocycles. The largest absolute Gasteiger partial charge is 0.490 e. The highest BCUT2D eigenvalue weighted by Gasteiger charge is 2.23. The van der Waals surface area contributed by atoms with Crippen molar-refractivity contribution in [3.63, 3.8) is 0 Å². The molecule has 2 aromatic rings. The van der Waals surface area contributed by atoms with Gasteiger partial charge in [-0.3, -0.25) is 4.98 Å². The van der Waals surface area contributed by atoms with E-state index in [-0.39, 0.29) is 6.04 Å². The molecular formula is C18H22N2O. The number of nitrogens with one attached hydrogen (secondary N) is 1. The van der Waals surface area contributed by atoms with E-state index in [1.54, 1.807) is 0 Å². The topological polar surface area (TPSA) is 34.1 Å². The number of nitrogens with zero attached hydrogens (tertiary/aromatic N) is 1. The van der Waals surface area contributed by atoms with Crippen molar-refractivity contribution in [3.05, 3.63) is 59.4 Å². The molecule has 21 heavy (non-hydrogen) atoms. The summed E-state index contributed by atoms with van der Waals surface area (Å²) in [5, 5.41) is 3.51. The number of benzene rings is 1. The normalized spacial score (nSPS) is 15.7. The lowest BCUT2D eigenvalue weighted by Crippen LogP contribution is -2.23. The smallest absolute Gasteiger partial charge is 0.119 e. The second-order valence-corrected chi connectivity index (χ2v) is 5.63. The maximum absolute atomic E-state index is 5.81. The van der Waals surface area contributed by atoms with Gasteiger partial charge in [-0.15, -0.1) is 0 Å². The van der Waals surface area contributed by atoms with Crippen molar-refractivity contribution < 1.29 is 4.74 Å². The second-order valence-electron chi connectivity index (χ2n) is 5.63. The molecule has 110 valence electrons. The zero-order valence-corrected chi connectivity index (χ0v) is 12.7. The van der Waals surface area contributed by atoms with E-state index in [4.69, 9.17) is 4.74 Å². The Kier molecular flexibility index (Phi) is 4.20. The molecule has 0 radical (unpaired) electrons. The van der Waals surface area contributed by atoms with Gasteiger partial charge in [-0.05, 0) is 61.7 Å². The molecule has 1 heterocycles. The summed E-state index contributed by atoms with van der Waals surface area (Å²) < 4.78 is 5.81. The summed E-state index contributed by atoms with van der Waals surface area (Å²) in [5.41, 5.74) is 3.52. The van der Waals surface area contributed by atoms with Crippen molar-refractivity contribution >= 4 is 0 Å². The molecule has 0 saturated heterocycles. The summed E-state index contributed by atoms with van der Waals surface area (Å²) in [7, 11) is 0. The quantitative estimate of drug-likeness (QED) is 0.878. The van der Waals surface area contributed by atoms with E-state index in [1.807, 2.05) is 12.3 Å². The summed E-state index contributed by atoms with van der Waals surface area (Å²) in [6.07, 6.45) is 4.70. The summed E-state index contributed by atoms with van der Waals surface area (Å²) in [5.74, 6) is 0.966. The first-order chi connectivity index (χ1) is 10.3. The highest BCUT2D eigenvalue weighted by molar-refractivity contribution is 5.34. The fourth-order valence-corrected chi connectivity index (χ4v) is 2.43. The number of rotatable bonds is 6. The van der Waals surface area contributed by atoms with Gasteiger partial charge in [0.1, 0.15) is 5.75 Å². The molecular weight excluding hydrogens is 260 g/mol. The predicted octanol–water partition coefficient (Wildman–Crippen LogP) is 3.63. The lowest BCUT2D eigenvalue weighted by atomic mass is 10.0. The van der Waals surface area contributed by atoms with Crippen LogP contribution in [0.5, 0.6) is 5.75 Å². The Labute approximate surface area is 126 Å². The third-order valence-electron chi connectivity index (χ3n) is 3.68. The number of aromatic nitrogens is 1. The van der Waals surface area contributed by atoms with Crippen LogP contribution in [0.15, 0.2) is 42.6 Å². The van der Waals surface area contributed by atoms with Gasteiger partial charge < -0.3 is 10.1 Å². The van der Waals surface area contributed by atoms with Crippen molar-refractivity contribution in [2.24, 2.45) is 0 Å². The first-order valence-corrected chi connectivity index (χ1v) is 7.69. The fraction of sp³-hybridized carbons (Fsp3) is 0.389. The molecule has 1 aliphatic rings. The van der Waals surface area contributed by atoms with Gasteiger partial charge in [0.25, 0.3) is 0 Å². The zero-order chi connectivity index (χ0) is 14.7. The Morgan fingerprint density at radius 2 is 2.00 bits per heavy atom. The van der Waals surface area contributed by atoms with E-state index in [9.17, 15) is 0 Å². The molecule has 1 atom stereocenters. The number of ether oxygens (including phenoxy) is 1. The molecule has 3 heteroatoms. The van der Waals surface area contributed by atoms with Crippen LogP contribution >= 0.6 is 0 Å². The predicted molar refractivity (Wildman–Crippen MR) is 84.6 cm³/mol. The van der Waals surface area contributed by atoms with Gasteiger partial charge >= 0.3 is 0 Å². The number of hydrogen-bond donors (Lipinski definition) is 1. The van der Waals surface area contributed by atoms with E-state index in [2.05, 4.69) is 54.5 Å². The van der Waals surface area contributed by atoms with Gasteiger partial charge in [-0.2, -0.15) is 0 Å². The molecule has 0 aliphatic heterocycles. The van der Waals surface area contributed by atoms with Crippen LogP contribution in [-0.4, -0.2) is 17.6 Å². The molecule has 1 unspecified atom stereocenters. The fourth-order valence-electron chi connectivity index (χ4n) is 2.43. The summed E-state index contributed by atoms with van der Waals surface area (Å²) in [6.45, 7) is 5.12. The Morgan fingerprint density at radius 1 is 1.24 bits per heavy atom. The van der Waals surface area contributed by atoms with Gasteiger partial charge in [-0.25, -0.2) is 0 Å². The second kappa shape index (κ2) is 6.27. The van der Waals surface area contributed by atoms with Crippen LogP contribution in [0.2, 0.25) is 0 Å². The third-order valence-corrected chi connectivity index (χ3v) is 3.68. The molecule has 0 spiro atoms. The van der Waals surface area contributed by atoms with Crippen molar-refractivity contribution in [1.29, 1.82) is 0 Å².